The molecule has 3 aromatic heterocycles. The van der Waals surface area contributed by atoms with Gasteiger partial charge in [-0.1, -0.05) is 6.92 Å². The fourth-order valence-corrected chi connectivity index (χ4v) is 4.79. The number of ether oxygens (including phenoxy) is 2. The Morgan fingerprint density at radius 2 is 2.19 bits per heavy atom. The third-order valence-corrected chi connectivity index (χ3v) is 6.40. The average Bonchev–Trinajstić information content (AvgIpc) is 3.41. The van der Waals surface area contributed by atoms with Gasteiger partial charge in [0, 0.05) is 18.0 Å². The van der Waals surface area contributed by atoms with Crippen LogP contribution in [0.5, 0.6) is 11.6 Å². The van der Waals surface area contributed by atoms with E-state index in [2.05, 4.69) is 20.3 Å². The predicted octanol–water partition coefficient (Wildman–Crippen LogP) is 2.34. The summed E-state index contributed by atoms with van der Waals surface area (Å²) < 4.78 is 28.0. The van der Waals surface area contributed by atoms with Gasteiger partial charge < -0.3 is 19.7 Å². The Kier molecular flexibility index (Phi) is 4.41. The molecular weight excluding hydrogens is 415 g/mol. The average molecular weight is 438 g/mol. The second-order valence-electron chi connectivity index (χ2n) is 8.78. The maximum atomic E-state index is 14.2. The monoisotopic (exact) mass is 438 g/mol. The molecule has 1 N–H and O–H groups in total. The van der Waals surface area contributed by atoms with Crippen molar-refractivity contribution in [3.8, 4) is 11.6 Å². The molecule has 10 heteroatoms. The maximum Gasteiger partial charge on any atom is 0.256 e. The zero-order chi connectivity index (χ0) is 21.8. The molecule has 1 aliphatic carbocycles. The number of hydrogen-bond acceptors (Lipinski definition) is 7. The van der Waals surface area contributed by atoms with Gasteiger partial charge in [-0.15, -0.1) is 0 Å². The first kappa shape index (κ1) is 19.3. The van der Waals surface area contributed by atoms with Crippen LogP contribution in [0.1, 0.15) is 42.1 Å². The number of aromatic nitrogens is 4. The molecule has 1 saturated carbocycles. The lowest BCUT2D eigenvalue weighted by Gasteiger charge is -2.39. The molecule has 166 valence electrons. The van der Waals surface area contributed by atoms with Crippen LogP contribution in [0.2, 0.25) is 0 Å². The topological polar surface area (TPSA) is 93.9 Å². The summed E-state index contributed by atoms with van der Waals surface area (Å²) >= 11 is 0. The number of anilines is 1. The van der Waals surface area contributed by atoms with Gasteiger partial charge in [0.15, 0.2) is 17.2 Å². The Morgan fingerprint density at radius 3 is 3.09 bits per heavy atom. The maximum absolute atomic E-state index is 14.2. The number of rotatable bonds is 0. The van der Waals surface area contributed by atoms with Gasteiger partial charge in [0.1, 0.15) is 17.5 Å². The van der Waals surface area contributed by atoms with Gasteiger partial charge in [-0.3, -0.25) is 4.79 Å². The SMILES string of the molecule is CC1CNC(=O)c2cnn3cc4c(nc23)N(Cc2cc(F)cnc2OC1)[C@@H]1CCC[C@@H]1O4. The molecule has 1 fully saturated rings. The first-order valence-electron chi connectivity index (χ1n) is 10.9. The fraction of sp³-hybridized carbons (Fsp3) is 0.455. The standard InChI is InChI=1S/C22H23FN6O3/c1-12-6-24-21(30)15-8-26-29-10-18-20(27-19(15)29)28(16-3-2-4-17(16)32-18)9-13-5-14(23)7-25-22(13)31-11-12/h5,7-8,10,12,16-17H,2-4,6,9,11H2,1H3,(H,24,30)/t12?,16-,17+/m1/s1. The highest BCUT2D eigenvalue weighted by Gasteiger charge is 2.41. The van der Waals surface area contributed by atoms with Crippen LogP contribution in [0.4, 0.5) is 10.2 Å². The van der Waals surface area contributed by atoms with E-state index in [4.69, 9.17) is 14.5 Å². The van der Waals surface area contributed by atoms with E-state index in [0.717, 1.165) is 19.3 Å². The Labute approximate surface area is 183 Å². The fourth-order valence-electron chi connectivity index (χ4n) is 4.79. The zero-order valence-electron chi connectivity index (χ0n) is 17.6. The van der Waals surface area contributed by atoms with Crippen molar-refractivity contribution in [1.82, 2.24) is 24.9 Å². The molecule has 1 unspecified atom stereocenters. The molecule has 0 aromatic carbocycles. The van der Waals surface area contributed by atoms with E-state index < -0.39 is 5.82 Å². The molecule has 3 atom stereocenters. The quantitative estimate of drug-likeness (QED) is 0.576. The minimum atomic E-state index is -0.410. The third-order valence-electron chi connectivity index (χ3n) is 6.40. The smallest absolute Gasteiger partial charge is 0.256 e. The number of halogens is 1. The highest BCUT2D eigenvalue weighted by atomic mass is 19.1. The summed E-state index contributed by atoms with van der Waals surface area (Å²) in [6, 6.07) is 1.57. The van der Waals surface area contributed by atoms with E-state index >= 15 is 0 Å². The first-order chi connectivity index (χ1) is 15.6. The number of pyridine rings is 1. The number of amides is 1. The summed E-state index contributed by atoms with van der Waals surface area (Å²) in [6.45, 7) is 3.11. The molecule has 1 amide bonds. The first-order valence-corrected chi connectivity index (χ1v) is 10.9. The van der Waals surface area contributed by atoms with Crippen molar-refractivity contribution in [3.63, 3.8) is 0 Å². The summed E-state index contributed by atoms with van der Waals surface area (Å²) in [7, 11) is 0. The Bertz CT molecular complexity index is 1210. The summed E-state index contributed by atoms with van der Waals surface area (Å²) in [5, 5.41) is 7.25. The summed E-state index contributed by atoms with van der Waals surface area (Å²) in [5.41, 5.74) is 1.52. The van der Waals surface area contributed by atoms with Crippen LogP contribution >= 0.6 is 0 Å². The van der Waals surface area contributed by atoms with Crippen molar-refractivity contribution in [1.29, 1.82) is 0 Å². The van der Waals surface area contributed by atoms with Gasteiger partial charge in [-0.05, 0) is 25.3 Å². The summed E-state index contributed by atoms with van der Waals surface area (Å²) in [6.07, 6.45) is 7.40. The molecule has 0 saturated heterocycles. The van der Waals surface area contributed by atoms with Crippen LogP contribution < -0.4 is 19.7 Å². The van der Waals surface area contributed by atoms with Crippen molar-refractivity contribution in [2.24, 2.45) is 5.92 Å². The molecule has 6 rings (SSSR count). The summed E-state index contributed by atoms with van der Waals surface area (Å²) in [4.78, 5) is 24.0. The molecule has 0 spiro atoms. The minimum Gasteiger partial charge on any atom is -0.483 e. The lowest BCUT2D eigenvalue weighted by atomic mass is 10.1. The van der Waals surface area contributed by atoms with Crippen molar-refractivity contribution in [3.05, 3.63) is 41.6 Å². The van der Waals surface area contributed by atoms with E-state index in [1.807, 2.05) is 6.92 Å². The number of carbonyl (C=O) groups is 1. The number of hydrogen-bond donors (Lipinski definition) is 1. The molecule has 2 aliphatic heterocycles. The molecule has 32 heavy (non-hydrogen) atoms. The number of carbonyl (C=O) groups excluding carboxylic acids is 1. The summed E-state index contributed by atoms with van der Waals surface area (Å²) in [5.74, 6) is 1.00. The Balaban J connectivity index is 1.53. The van der Waals surface area contributed by atoms with Crippen LogP contribution in [0.15, 0.2) is 24.7 Å². The third kappa shape index (κ3) is 3.12. The van der Waals surface area contributed by atoms with E-state index in [1.54, 1.807) is 10.7 Å². The van der Waals surface area contributed by atoms with E-state index in [0.29, 0.717) is 53.9 Å². The van der Waals surface area contributed by atoms with Crippen LogP contribution in [0.25, 0.3) is 5.65 Å². The molecule has 2 bridgehead atoms. The second kappa shape index (κ2) is 7.32. The van der Waals surface area contributed by atoms with Crippen LogP contribution in [-0.4, -0.2) is 50.8 Å². The lowest BCUT2D eigenvalue weighted by molar-refractivity contribution is 0.0944. The van der Waals surface area contributed by atoms with Gasteiger partial charge in [0.25, 0.3) is 5.91 Å². The van der Waals surface area contributed by atoms with Gasteiger partial charge >= 0.3 is 0 Å². The van der Waals surface area contributed by atoms with Gasteiger partial charge in [-0.25, -0.2) is 18.9 Å². The van der Waals surface area contributed by atoms with Gasteiger partial charge in [0.05, 0.1) is 37.8 Å². The van der Waals surface area contributed by atoms with E-state index in [1.165, 1.54) is 18.5 Å². The van der Waals surface area contributed by atoms with Crippen LogP contribution in [0, 0.1) is 11.7 Å². The second-order valence-corrected chi connectivity index (χ2v) is 8.78. The van der Waals surface area contributed by atoms with Gasteiger partial charge in [0.2, 0.25) is 5.88 Å². The molecule has 0 radical (unpaired) electrons. The predicted molar refractivity (Wildman–Crippen MR) is 112 cm³/mol. The van der Waals surface area contributed by atoms with Crippen molar-refractivity contribution >= 4 is 17.4 Å². The molecular formula is C22H23FN6O3. The number of nitrogens with zero attached hydrogens (tertiary/aromatic N) is 5. The van der Waals surface area contributed by atoms with Crippen LogP contribution in [-0.2, 0) is 6.54 Å². The Morgan fingerprint density at radius 1 is 1.28 bits per heavy atom. The number of nitrogens with one attached hydrogen (secondary N) is 1. The highest BCUT2D eigenvalue weighted by Crippen LogP contribution is 2.42. The molecule has 3 aromatic rings. The van der Waals surface area contributed by atoms with Crippen molar-refractivity contribution in [2.45, 2.75) is 44.9 Å². The Hall–Kier alpha value is -3.43. The normalized spacial score (nSPS) is 24.9. The number of fused-ring (bicyclic) bond motifs is 3. The van der Waals surface area contributed by atoms with Gasteiger partial charge in [-0.2, -0.15) is 5.10 Å². The molecule has 5 heterocycles. The lowest BCUT2D eigenvalue weighted by Crippen LogP contribution is -2.47. The van der Waals surface area contributed by atoms with Crippen molar-refractivity contribution < 1.29 is 18.7 Å². The van der Waals surface area contributed by atoms with E-state index in [-0.39, 0.29) is 24.0 Å². The van der Waals surface area contributed by atoms with E-state index in [9.17, 15) is 9.18 Å². The van der Waals surface area contributed by atoms with Crippen LogP contribution in [0.3, 0.4) is 0 Å². The molecule has 3 aliphatic rings. The minimum absolute atomic E-state index is 0.0184. The largest absolute Gasteiger partial charge is 0.483 e. The van der Waals surface area contributed by atoms with Crippen molar-refractivity contribution in [2.75, 3.05) is 18.1 Å². The zero-order valence-corrected chi connectivity index (χ0v) is 17.6. The highest BCUT2D eigenvalue weighted by molar-refractivity contribution is 5.99. The molecule has 9 nitrogen and oxygen atoms in total.